The SMILES string of the molecule is CC(C)[C@H](NC(=O)C(C)(C)N(C(=O)c1ccccc1)[C@@H](C)c1ccccc1)C(=O)O. The number of carboxylic acids is 1. The second-order valence-electron chi connectivity index (χ2n) is 8.22. The minimum Gasteiger partial charge on any atom is -0.480 e. The molecule has 2 aromatic carbocycles. The Bertz CT molecular complexity index is 879. The number of nitrogens with zero attached hydrogens (tertiary/aromatic N) is 1. The van der Waals surface area contributed by atoms with E-state index in [0.29, 0.717) is 5.56 Å². The molecule has 0 spiro atoms. The number of carboxylic acid groups (broad SMARTS) is 1. The maximum atomic E-state index is 13.5. The monoisotopic (exact) mass is 410 g/mol. The van der Waals surface area contributed by atoms with Crippen LogP contribution in [0, 0.1) is 5.92 Å². The second kappa shape index (κ2) is 9.57. The number of amides is 2. The van der Waals surface area contributed by atoms with Crippen LogP contribution in [0.2, 0.25) is 0 Å². The van der Waals surface area contributed by atoms with E-state index in [1.54, 1.807) is 52.0 Å². The predicted molar refractivity (Wildman–Crippen MR) is 116 cm³/mol. The van der Waals surface area contributed by atoms with Crippen molar-refractivity contribution in [3.05, 3.63) is 71.8 Å². The molecule has 30 heavy (non-hydrogen) atoms. The van der Waals surface area contributed by atoms with Crippen molar-refractivity contribution in [1.82, 2.24) is 10.2 Å². The van der Waals surface area contributed by atoms with Gasteiger partial charge in [0.15, 0.2) is 0 Å². The summed E-state index contributed by atoms with van der Waals surface area (Å²) in [6.45, 7) is 8.60. The smallest absolute Gasteiger partial charge is 0.326 e. The van der Waals surface area contributed by atoms with Crippen LogP contribution >= 0.6 is 0 Å². The molecule has 0 saturated heterocycles. The van der Waals surface area contributed by atoms with Crippen molar-refractivity contribution in [2.75, 3.05) is 0 Å². The van der Waals surface area contributed by atoms with Gasteiger partial charge < -0.3 is 15.3 Å². The molecule has 0 radical (unpaired) electrons. The third-order valence-electron chi connectivity index (χ3n) is 5.29. The van der Waals surface area contributed by atoms with E-state index in [-0.39, 0.29) is 11.8 Å². The van der Waals surface area contributed by atoms with Crippen molar-refractivity contribution in [2.45, 2.75) is 52.2 Å². The van der Waals surface area contributed by atoms with Gasteiger partial charge in [0.1, 0.15) is 11.6 Å². The Labute approximate surface area is 177 Å². The van der Waals surface area contributed by atoms with E-state index in [2.05, 4.69) is 5.32 Å². The summed E-state index contributed by atoms with van der Waals surface area (Å²) >= 11 is 0. The highest BCUT2D eigenvalue weighted by atomic mass is 16.4. The van der Waals surface area contributed by atoms with Gasteiger partial charge in [-0.25, -0.2) is 4.79 Å². The zero-order valence-electron chi connectivity index (χ0n) is 18.1. The zero-order chi connectivity index (χ0) is 22.5. The molecule has 0 aliphatic heterocycles. The minimum atomic E-state index is -1.30. The fourth-order valence-corrected chi connectivity index (χ4v) is 3.46. The summed E-state index contributed by atoms with van der Waals surface area (Å²) in [5.74, 6) is -2.22. The molecule has 2 amide bonds. The van der Waals surface area contributed by atoms with Crippen LogP contribution in [0.4, 0.5) is 0 Å². The summed E-state index contributed by atoms with van der Waals surface area (Å²) in [5, 5.41) is 12.1. The first-order valence-corrected chi connectivity index (χ1v) is 10.0. The number of rotatable bonds is 8. The maximum Gasteiger partial charge on any atom is 0.326 e. The number of hydrogen-bond donors (Lipinski definition) is 2. The molecule has 2 aromatic rings. The highest BCUT2D eigenvalue weighted by Gasteiger charge is 2.43. The van der Waals surface area contributed by atoms with E-state index in [1.165, 1.54) is 4.90 Å². The summed E-state index contributed by atoms with van der Waals surface area (Å²) in [5.41, 5.74) is 0.0335. The van der Waals surface area contributed by atoms with Gasteiger partial charge in [-0.15, -0.1) is 0 Å². The molecule has 2 rings (SSSR count). The van der Waals surface area contributed by atoms with Gasteiger partial charge in [-0.1, -0.05) is 62.4 Å². The molecule has 6 nitrogen and oxygen atoms in total. The third kappa shape index (κ3) is 5.06. The Morgan fingerprint density at radius 1 is 0.900 bits per heavy atom. The van der Waals surface area contributed by atoms with Gasteiger partial charge in [-0.3, -0.25) is 9.59 Å². The van der Waals surface area contributed by atoms with E-state index in [4.69, 9.17) is 0 Å². The average molecular weight is 411 g/mol. The number of aliphatic carboxylic acids is 1. The van der Waals surface area contributed by atoms with Crippen LogP contribution in [0.1, 0.15) is 56.6 Å². The molecule has 0 aromatic heterocycles. The number of nitrogens with one attached hydrogen (secondary N) is 1. The molecule has 2 atom stereocenters. The van der Waals surface area contributed by atoms with Crippen molar-refractivity contribution in [2.24, 2.45) is 5.92 Å². The van der Waals surface area contributed by atoms with Crippen molar-refractivity contribution < 1.29 is 19.5 Å². The van der Waals surface area contributed by atoms with Gasteiger partial charge in [0.25, 0.3) is 5.91 Å². The molecule has 0 unspecified atom stereocenters. The van der Waals surface area contributed by atoms with Crippen molar-refractivity contribution in [3.63, 3.8) is 0 Å². The van der Waals surface area contributed by atoms with Gasteiger partial charge in [0.05, 0.1) is 6.04 Å². The van der Waals surface area contributed by atoms with E-state index in [1.807, 2.05) is 43.3 Å². The first-order chi connectivity index (χ1) is 14.1. The van der Waals surface area contributed by atoms with Crippen molar-refractivity contribution in [3.8, 4) is 0 Å². The normalized spacial score (nSPS) is 13.4. The average Bonchev–Trinajstić information content (AvgIpc) is 2.72. The molecule has 0 heterocycles. The lowest BCUT2D eigenvalue weighted by molar-refractivity contribution is -0.145. The van der Waals surface area contributed by atoms with Crippen LogP contribution in [-0.2, 0) is 9.59 Å². The molecule has 0 aliphatic carbocycles. The van der Waals surface area contributed by atoms with Gasteiger partial charge >= 0.3 is 5.97 Å². The van der Waals surface area contributed by atoms with Gasteiger partial charge in [-0.2, -0.15) is 0 Å². The standard InChI is InChI=1S/C24H30N2O4/c1-16(2)20(22(28)29)25-23(30)24(4,5)26(17(3)18-12-8-6-9-13-18)21(27)19-14-10-7-11-15-19/h6-17,20H,1-5H3,(H,25,30)(H,28,29)/t17-,20-/m0/s1. The molecule has 2 N–H and O–H groups in total. The number of carbonyl (C=O) groups is 3. The first kappa shape index (κ1) is 23.1. The van der Waals surface area contributed by atoms with Gasteiger partial charge in [0.2, 0.25) is 5.91 Å². The fraction of sp³-hybridized carbons (Fsp3) is 0.375. The Morgan fingerprint density at radius 2 is 1.40 bits per heavy atom. The molecule has 0 aliphatic rings. The van der Waals surface area contributed by atoms with E-state index < -0.39 is 29.5 Å². The summed E-state index contributed by atoms with van der Waals surface area (Å²) in [7, 11) is 0. The summed E-state index contributed by atoms with van der Waals surface area (Å²) < 4.78 is 0. The first-order valence-electron chi connectivity index (χ1n) is 10.0. The van der Waals surface area contributed by atoms with E-state index in [9.17, 15) is 19.5 Å². The molecule has 160 valence electrons. The van der Waals surface area contributed by atoms with E-state index >= 15 is 0 Å². The van der Waals surface area contributed by atoms with Crippen LogP contribution in [0.5, 0.6) is 0 Å². The Balaban J connectivity index is 2.47. The van der Waals surface area contributed by atoms with Gasteiger partial charge in [0, 0.05) is 5.56 Å². The topological polar surface area (TPSA) is 86.7 Å². The fourth-order valence-electron chi connectivity index (χ4n) is 3.46. The Morgan fingerprint density at radius 3 is 1.87 bits per heavy atom. The molecule has 0 bridgehead atoms. The van der Waals surface area contributed by atoms with Gasteiger partial charge in [-0.05, 0) is 44.4 Å². The third-order valence-corrected chi connectivity index (χ3v) is 5.29. The molecular formula is C24H30N2O4. The number of benzene rings is 2. The zero-order valence-corrected chi connectivity index (χ0v) is 18.1. The largest absolute Gasteiger partial charge is 0.480 e. The minimum absolute atomic E-state index is 0.299. The molecule has 0 fully saturated rings. The number of hydrogen-bond acceptors (Lipinski definition) is 3. The quantitative estimate of drug-likeness (QED) is 0.691. The summed E-state index contributed by atoms with van der Waals surface area (Å²) in [6, 6.07) is 16.7. The lowest BCUT2D eigenvalue weighted by atomic mass is 9.93. The molecule has 6 heteroatoms. The molecule has 0 saturated carbocycles. The Hall–Kier alpha value is -3.15. The van der Waals surface area contributed by atoms with Crippen molar-refractivity contribution in [1.29, 1.82) is 0 Å². The highest BCUT2D eigenvalue weighted by molar-refractivity contribution is 6.00. The van der Waals surface area contributed by atoms with Crippen LogP contribution in [0.25, 0.3) is 0 Å². The van der Waals surface area contributed by atoms with Crippen LogP contribution in [-0.4, -0.2) is 39.4 Å². The lowest BCUT2D eigenvalue weighted by Gasteiger charge is -2.42. The number of carbonyl (C=O) groups excluding carboxylic acids is 2. The Kier molecular flexibility index (Phi) is 7.38. The van der Waals surface area contributed by atoms with Crippen LogP contribution in [0.3, 0.4) is 0 Å². The second-order valence-corrected chi connectivity index (χ2v) is 8.22. The van der Waals surface area contributed by atoms with Crippen LogP contribution in [0.15, 0.2) is 60.7 Å². The highest BCUT2D eigenvalue weighted by Crippen LogP contribution is 2.31. The summed E-state index contributed by atoms with van der Waals surface area (Å²) in [4.78, 5) is 39.8. The van der Waals surface area contributed by atoms with E-state index in [0.717, 1.165) is 5.56 Å². The molecular weight excluding hydrogens is 380 g/mol. The van der Waals surface area contributed by atoms with Crippen LogP contribution < -0.4 is 5.32 Å². The predicted octanol–water partition coefficient (Wildman–Crippen LogP) is 3.89. The van der Waals surface area contributed by atoms with Crippen molar-refractivity contribution >= 4 is 17.8 Å². The summed E-state index contributed by atoms with van der Waals surface area (Å²) in [6.07, 6.45) is 0. The maximum absolute atomic E-state index is 13.5. The lowest BCUT2D eigenvalue weighted by Crippen LogP contribution is -2.60.